The number of anilines is 2. The summed E-state index contributed by atoms with van der Waals surface area (Å²) in [5.74, 6) is -1.21. The van der Waals surface area contributed by atoms with Crippen LogP contribution in [0.1, 0.15) is 5.56 Å². The van der Waals surface area contributed by atoms with Gasteiger partial charge in [-0.3, -0.25) is 5.32 Å². The van der Waals surface area contributed by atoms with Crippen LogP contribution in [0, 0.1) is 11.6 Å². The van der Waals surface area contributed by atoms with E-state index >= 15 is 0 Å². The molecule has 1 heterocycles. The van der Waals surface area contributed by atoms with Crippen LogP contribution in [0.4, 0.5) is 20.4 Å². The van der Waals surface area contributed by atoms with Crippen LogP contribution in [0.25, 0.3) is 0 Å². The molecule has 134 valence electrons. The highest BCUT2D eigenvalue weighted by atomic mass is 35.5. The Bertz CT molecular complexity index is 964. The molecule has 2 N–H and O–H groups in total. The molecule has 0 saturated heterocycles. The highest BCUT2D eigenvalue weighted by molar-refractivity contribution is 7.80. The van der Waals surface area contributed by atoms with Crippen molar-refractivity contribution in [1.82, 2.24) is 14.8 Å². The zero-order valence-electron chi connectivity index (χ0n) is 13.0. The van der Waals surface area contributed by atoms with Gasteiger partial charge in [0.25, 0.3) is 0 Å². The Hall–Kier alpha value is -2.29. The molecule has 3 aromatic rings. The van der Waals surface area contributed by atoms with Gasteiger partial charge in [-0.15, -0.1) is 5.10 Å². The van der Waals surface area contributed by atoms with E-state index in [0.717, 1.165) is 17.7 Å². The summed E-state index contributed by atoms with van der Waals surface area (Å²) in [4.78, 5) is 4.07. The predicted octanol–water partition coefficient (Wildman–Crippen LogP) is 4.72. The molecule has 26 heavy (non-hydrogen) atoms. The molecule has 0 atom stereocenters. The third kappa shape index (κ3) is 4.66. The molecule has 0 aliphatic rings. The van der Waals surface area contributed by atoms with E-state index in [0.29, 0.717) is 16.6 Å². The van der Waals surface area contributed by atoms with Crippen molar-refractivity contribution in [2.24, 2.45) is 0 Å². The lowest BCUT2D eigenvalue weighted by molar-refractivity contribution is 0.586. The van der Waals surface area contributed by atoms with Crippen LogP contribution in [0.2, 0.25) is 10.0 Å². The molecule has 0 aliphatic heterocycles. The number of thiocarbonyl (C=S) groups is 1. The molecule has 2 aromatic carbocycles. The zero-order chi connectivity index (χ0) is 18.7. The van der Waals surface area contributed by atoms with Gasteiger partial charge in [0.15, 0.2) is 5.11 Å². The Balaban J connectivity index is 1.63. The summed E-state index contributed by atoms with van der Waals surface area (Å²) < 4.78 is 28.1. The van der Waals surface area contributed by atoms with E-state index in [4.69, 9.17) is 35.4 Å². The maximum absolute atomic E-state index is 13.6. The topological polar surface area (TPSA) is 54.8 Å². The highest BCUT2D eigenvalue weighted by Crippen LogP contribution is 2.21. The number of hydrogen-bond acceptors (Lipinski definition) is 3. The summed E-state index contributed by atoms with van der Waals surface area (Å²) in [7, 11) is 0. The minimum Gasteiger partial charge on any atom is -0.330 e. The Morgan fingerprint density at radius 1 is 1.12 bits per heavy atom. The largest absolute Gasteiger partial charge is 0.330 e. The molecule has 0 amide bonds. The second-order valence-electron chi connectivity index (χ2n) is 5.20. The van der Waals surface area contributed by atoms with Crippen LogP contribution >= 0.6 is 35.4 Å². The van der Waals surface area contributed by atoms with E-state index in [-0.39, 0.29) is 16.7 Å². The number of benzene rings is 2. The first kappa shape index (κ1) is 18.5. The molecule has 0 fully saturated rings. The molecular formula is C16H11Cl2F2N5S. The Morgan fingerprint density at radius 2 is 1.92 bits per heavy atom. The van der Waals surface area contributed by atoms with Crippen LogP contribution in [0.3, 0.4) is 0 Å². The van der Waals surface area contributed by atoms with Gasteiger partial charge in [0.1, 0.15) is 18.0 Å². The third-order valence-electron chi connectivity index (χ3n) is 3.29. The smallest absolute Gasteiger partial charge is 0.248 e. The minimum atomic E-state index is -0.759. The van der Waals surface area contributed by atoms with Crippen LogP contribution in [-0.2, 0) is 6.54 Å². The van der Waals surface area contributed by atoms with Crippen molar-refractivity contribution in [1.29, 1.82) is 0 Å². The number of nitrogens with one attached hydrogen (secondary N) is 2. The Labute approximate surface area is 162 Å². The fourth-order valence-electron chi connectivity index (χ4n) is 2.10. The molecular weight excluding hydrogens is 403 g/mol. The lowest BCUT2D eigenvalue weighted by atomic mass is 10.2. The number of halogens is 4. The van der Waals surface area contributed by atoms with Gasteiger partial charge in [-0.25, -0.2) is 18.4 Å². The van der Waals surface area contributed by atoms with E-state index in [1.165, 1.54) is 12.4 Å². The van der Waals surface area contributed by atoms with Gasteiger partial charge in [0, 0.05) is 16.1 Å². The molecule has 0 bridgehead atoms. The van der Waals surface area contributed by atoms with Crippen molar-refractivity contribution in [2.75, 3.05) is 10.6 Å². The molecule has 5 nitrogen and oxygen atoms in total. The lowest BCUT2D eigenvalue weighted by Gasteiger charge is -2.09. The van der Waals surface area contributed by atoms with E-state index in [1.807, 2.05) is 0 Å². The van der Waals surface area contributed by atoms with E-state index in [2.05, 4.69) is 20.7 Å². The van der Waals surface area contributed by atoms with Gasteiger partial charge in [0.05, 0.1) is 12.2 Å². The van der Waals surface area contributed by atoms with Crippen molar-refractivity contribution in [3.63, 3.8) is 0 Å². The standard InChI is InChI=1S/C16H11Cl2F2N5S/c17-10-2-1-9(12(18)5-10)7-25-8-21-15(24-25)23-16(26)22-14-4-3-11(19)6-13(14)20/h1-6,8H,7H2,(H2,22,23,24,26). The lowest BCUT2D eigenvalue weighted by Crippen LogP contribution is -2.20. The predicted molar refractivity (Wildman–Crippen MR) is 102 cm³/mol. The molecule has 0 unspecified atom stereocenters. The minimum absolute atomic E-state index is 0.0382. The molecule has 0 aliphatic carbocycles. The number of nitrogens with zero attached hydrogens (tertiary/aromatic N) is 3. The van der Waals surface area contributed by atoms with Crippen LogP contribution in [0.15, 0.2) is 42.7 Å². The van der Waals surface area contributed by atoms with Crippen molar-refractivity contribution in [2.45, 2.75) is 6.54 Å². The average Bonchev–Trinajstić information content (AvgIpc) is 3.00. The number of aromatic nitrogens is 3. The van der Waals surface area contributed by atoms with E-state index in [9.17, 15) is 8.78 Å². The van der Waals surface area contributed by atoms with Crippen molar-refractivity contribution >= 4 is 52.2 Å². The molecule has 3 rings (SSSR count). The zero-order valence-corrected chi connectivity index (χ0v) is 15.3. The van der Waals surface area contributed by atoms with Crippen LogP contribution in [0.5, 0.6) is 0 Å². The van der Waals surface area contributed by atoms with Gasteiger partial charge in [-0.05, 0) is 42.0 Å². The van der Waals surface area contributed by atoms with Gasteiger partial charge >= 0.3 is 0 Å². The van der Waals surface area contributed by atoms with E-state index in [1.54, 1.807) is 22.9 Å². The summed E-state index contributed by atoms with van der Waals surface area (Å²) in [6.45, 7) is 0.386. The normalized spacial score (nSPS) is 10.6. The number of hydrogen-bond donors (Lipinski definition) is 2. The molecule has 0 radical (unpaired) electrons. The summed E-state index contributed by atoms with van der Waals surface area (Å²) >= 11 is 17.1. The summed E-state index contributed by atoms with van der Waals surface area (Å²) in [6, 6.07) is 8.29. The maximum Gasteiger partial charge on any atom is 0.248 e. The maximum atomic E-state index is 13.6. The first-order valence-electron chi connectivity index (χ1n) is 7.27. The molecule has 10 heteroatoms. The number of rotatable bonds is 4. The second kappa shape index (κ2) is 7.94. The monoisotopic (exact) mass is 413 g/mol. The average molecular weight is 414 g/mol. The Kier molecular flexibility index (Phi) is 5.65. The van der Waals surface area contributed by atoms with Gasteiger partial charge in [0.2, 0.25) is 5.95 Å². The van der Waals surface area contributed by atoms with E-state index < -0.39 is 11.6 Å². The second-order valence-corrected chi connectivity index (χ2v) is 6.46. The summed E-state index contributed by atoms with van der Waals surface area (Å²) in [5.41, 5.74) is 0.859. The molecule has 1 aromatic heterocycles. The fraction of sp³-hybridized carbons (Fsp3) is 0.0625. The van der Waals surface area contributed by atoms with Crippen LogP contribution < -0.4 is 10.6 Å². The summed E-state index contributed by atoms with van der Waals surface area (Å²) in [6.07, 6.45) is 1.49. The fourth-order valence-corrected chi connectivity index (χ4v) is 2.77. The molecule has 0 spiro atoms. The quantitative estimate of drug-likeness (QED) is 0.606. The first-order chi connectivity index (χ1) is 12.4. The van der Waals surface area contributed by atoms with Gasteiger partial charge in [-0.1, -0.05) is 29.3 Å². The third-order valence-corrected chi connectivity index (χ3v) is 4.08. The van der Waals surface area contributed by atoms with Crippen molar-refractivity contribution in [3.05, 3.63) is 70.0 Å². The molecule has 0 saturated carbocycles. The van der Waals surface area contributed by atoms with Crippen molar-refractivity contribution in [3.8, 4) is 0 Å². The van der Waals surface area contributed by atoms with Crippen LogP contribution in [-0.4, -0.2) is 19.9 Å². The Morgan fingerprint density at radius 3 is 2.65 bits per heavy atom. The SMILES string of the molecule is Fc1ccc(NC(=S)Nc2ncn(Cc3ccc(Cl)cc3Cl)n2)c(F)c1. The first-order valence-corrected chi connectivity index (χ1v) is 8.43. The van der Waals surface area contributed by atoms with Gasteiger partial charge < -0.3 is 5.32 Å². The highest BCUT2D eigenvalue weighted by Gasteiger charge is 2.09. The van der Waals surface area contributed by atoms with Gasteiger partial charge in [-0.2, -0.15) is 0 Å². The summed E-state index contributed by atoms with van der Waals surface area (Å²) in [5, 5.41) is 10.7. The van der Waals surface area contributed by atoms with Crippen molar-refractivity contribution < 1.29 is 8.78 Å².